The van der Waals surface area contributed by atoms with Crippen molar-refractivity contribution in [2.75, 3.05) is 123 Å². The molecule has 7 aliphatic rings. The van der Waals surface area contributed by atoms with Crippen LogP contribution in [0.4, 0.5) is 73.8 Å². The molecule has 1 radical (unpaired) electrons. The van der Waals surface area contributed by atoms with E-state index >= 15 is 0 Å². The van der Waals surface area contributed by atoms with Gasteiger partial charge in [-0.3, -0.25) is 48.3 Å². The average Bonchev–Trinajstić information content (AvgIpc) is 1.14. The Hall–Kier alpha value is -9.90. The Morgan fingerprint density at radius 2 is 0.907 bits per heavy atom. The van der Waals surface area contributed by atoms with Crippen LogP contribution in [0.1, 0.15) is 53.4 Å². The summed E-state index contributed by atoms with van der Waals surface area (Å²) in [5.41, 5.74) is 7.15. The minimum Gasteiger partial charge on any atom is 0 e. The molecule has 8 aromatic rings. The molecule has 0 unspecified atom stereocenters. The number of carbonyl (C=O) groups excluding carboxylic acids is 8. The molecule has 7 aliphatic heterocycles. The van der Waals surface area contributed by atoms with Crippen molar-refractivity contribution in [3.05, 3.63) is 106 Å². The number of benzene rings is 3. The smallest absolute Gasteiger partial charge is 0 e. The second-order valence-electron chi connectivity index (χ2n) is 23.9. The molecule has 0 bridgehead atoms. The third-order valence-electron chi connectivity index (χ3n) is 16.6. The van der Waals surface area contributed by atoms with Crippen molar-refractivity contribution >= 4 is 202 Å². The molecule has 6 N–H and O–H groups in total. The molecule has 40 nitrogen and oxygen atoms in total. The minimum atomic E-state index is -1.44. The number of hydrogen-bond donors (Lipinski definition) is 5. The molecule has 15 rings (SSSR count). The number of amides is 7. The van der Waals surface area contributed by atoms with Crippen LogP contribution in [0.3, 0.4) is 0 Å². The number of nitrogens with two attached hydrogens (primary N) is 1. The molecule has 3 atom stereocenters. The van der Waals surface area contributed by atoms with E-state index in [0.29, 0.717) is 79.3 Å². The van der Waals surface area contributed by atoms with Crippen LogP contribution in [0.15, 0.2) is 77.0 Å². The van der Waals surface area contributed by atoms with Crippen molar-refractivity contribution < 1.29 is 135 Å². The zero-order chi connectivity index (χ0) is 80.3. The monoisotopic (exact) mass is 2010 g/mol. The number of aldehydes is 1. The number of cyclic esters (lactones) is 3. The predicted molar refractivity (Wildman–Crippen MR) is 442 cm³/mol. The average molecular weight is 2010 g/mol. The minimum absolute atomic E-state index is 0. The summed E-state index contributed by atoms with van der Waals surface area (Å²) in [4.78, 5) is 154. The van der Waals surface area contributed by atoms with E-state index < -0.39 is 50.6 Å². The largest absolute Gasteiger partial charge is 0 e. The van der Waals surface area contributed by atoms with Gasteiger partial charge in [0.25, 0.3) is 46.5 Å². The SMILES string of the molecule is C.C.CN1C(=O)CNc2ccc(F)c(OCCCC[C@H]3CN(c4cnc5c(n4)NC(=O)CO5)C(=O)O3)c21.Cn1c(=O)cnc2ccc(F)c(OCC=O)c21.Cn1c(=O)cnc2ccc(F)c(OCCCC[C@H]3CN(c4cnc5c(n4)NC(=O)CO5)C(=O)O3)c21.ICI.NC[C@H]1CN(c2cnc3c(n2)NC(=O)CO3)C(=O)O1.S.S.S.[O]=[Mn]=[O].[V]. The molecule has 3 fully saturated rings. The fourth-order valence-electron chi connectivity index (χ4n) is 11.3. The van der Waals surface area contributed by atoms with E-state index in [1.165, 1.54) is 100 Å². The number of aryl methyl sites for hydroxylation is 2. The van der Waals surface area contributed by atoms with Gasteiger partial charge >= 0.3 is 40.8 Å². The van der Waals surface area contributed by atoms with Crippen LogP contribution < -0.4 is 86.1 Å². The third-order valence-corrected chi connectivity index (χ3v) is 16.6. The van der Waals surface area contributed by atoms with E-state index in [1.807, 2.05) is 0 Å². The van der Waals surface area contributed by atoms with Crippen LogP contribution in [0.5, 0.6) is 34.9 Å². The number of alkyl halides is 2. The van der Waals surface area contributed by atoms with E-state index in [0.717, 1.165) is 6.20 Å². The van der Waals surface area contributed by atoms with Gasteiger partial charge in [0.05, 0.1) is 89.5 Å². The van der Waals surface area contributed by atoms with Crippen molar-refractivity contribution in [1.82, 2.24) is 49.0 Å². The maximum Gasteiger partial charge on any atom is 0 e. The van der Waals surface area contributed by atoms with Gasteiger partial charge in [-0.05, 0) is 74.9 Å². The second-order valence-corrected chi connectivity index (χ2v) is 28.6. The zero-order valence-electron chi connectivity index (χ0n) is 61.0. The van der Waals surface area contributed by atoms with Crippen molar-refractivity contribution in [3.63, 3.8) is 0 Å². The number of ether oxygens (including phenoxy) is 9. The molecule has 12 heterocycles. The summed E-state index contributed by atoms with van der Waals surface area (Å²) < 4.78 is 111. The Balaban J connectivity index is 0.000000330. The first-order chi connectivity index (χ1) is 53.9. The third kappa shape index (κ3) is 25.1. The van der Waals surface area contributed by atoms with E-state index in [9.17, 15) is 61.1 Å². The number of rotatable bonds is 19. The van der Waals surface area contributed by atoms with Gasteiger partial charge in [-0.2, -0.15) is 40.5 Å². The van der Waals surface area contributed by atoms with Crippen LogP contribution in [-0.2, 0) is 93.3 Å². The van der Waals surface area contributed by atoms with Crippen molar-refractivity contribution in [1.29, 1.82) is 0 Å². The maximum atomic E-state index is 14.4. The van der Waals surface area contributed by atoms with Gasteiger partial charge < -0.3 is 83.7 Å². The molecule has 7 amide bonds. The summed E-state index contributed by atoms with van der Waals surface area (Å²) in [7, 11) is 4.61. The fourth-order valence-corrected chi connectivity index (χ4v) is 11.3. The van der Waals surface area contributed by atoms with Crippen LogP contribution in [0.2, 0.25) is 0 Å². The summed E-state index contributed by atoms with van der Waals surface area (Å²) >= 11 is 3.11. The Bertz CT molecular complexity index is 5110. The van der Waals surface area contributed by atoms with Gasteiger partial charge in [0.1, 0.15) is 41.6 Å². The van der Waals surface area contributed by atoms with Crippen LogP contribution >= 0.6 is 85.7 Å². The van der Waals surface area contributed by atoms with Gasteiger partial charge in [0, 0.05) is 46.2 Å². The summed E-state index contributed by atoms with van der Waals surface area (Å²) in [6.07, 6.45) is 7.83. The van der Waals surface area contributed by atoms with Crippen molar-refractivity contribution in [2.24, 2.45) is 19.8 Å². The molecule has 0 aliphatic carbocycles. The number of nitrogens with zero attached hydrogens (tertiary/aromatic N) is 14. The van der Waals surface area contributed by atoms with Gasteiger partial charge in [0.2, 0.25) is 5.91 Å². The number of nitrogens with one attached hydrogen (secondary N) is 4. The Morgan fingerprint density at radius 1 is 0.542 bits per heavy atom. The molecule has 0 saturated carbocycles. The van der Waals surface area contributed by atoms with E-state index in [-0.39, 0.29) is 268 Å². The first kappa shape index (κ1) is 100. The van der Waals surface area contributed by atoms with Crippen LogP contribution in [0.25, 0.3) is 22.1 Å². The number of likely N-dealkylation sites (N-methyl/N-ethyl adjacent to an activating group) is 1. The number of halogens is 5. The topological polar surface area (TPSA) is 488 Å². The number of hydrogen-bond acceptors (Lipinski definition) is 31. The van der Waals surface area contributed by atoms with Crippen molar-refractivity contribution in [3.8, 4) is 34.9 Å². The van der Waals surface area contributed by atoms with Gasteiger partial charge in [-0.1, -0.05) is 60.0 Å². The number of aromatic nitrogens is 10. The standard InChI is InChI=1S/C22H23FN6O6.C22H21FN6O6.C11H9FN2O3.C10H11N5O4.CH2I2.2CH4.Mn.2O.3H2S.V/c2*1-28-17(31)9-24-14-6-5-13(23)19(18(14)28)33-7-3-2-4-12-10-29(22(32)35-12)15-8-25-21-20(26-15)27-16(30)11-34-21;1-14-9(16)6-13-8-3-2-7(12)11(10(8)14)17-5-4-15;11-1-5-3-15(10(17)19-5)6-2-12-9-8(13-6)14-7(16)4-18-9;2-1-3;;;;;;;;;/h5-6,8,12,24H,2-4,7,9-11H2,1H3,(H,26,27,30);5-6,8-9,12H,2-4,7,10-11H2,1H3,(H,26,27,30);2-4,6H,5H2,1H3;2,5H,1,3-4,11H2,(H,13,14,16);1H2;2*1H4;;;;3*1H2;/t2*12-;;5-;;;;;;;;;;/m00.0........../s1. The molecule has 50 heteroatoms. The number of anilines is 8. The fraction of sp³-hybridized carbons (Fsp3) is 0.382. The summed E-state index contributed by atoms with van der Waals surface area (Å²) in [5.74, 6) is -1.18. The van der Waals surface area contributed by atoms with Gasteiger partial charge in [-0.25, -0.2) is 67.4 Å². The van der Waals surface area contributed by atoms with E-state index in [4.69, 9.17) is 56.0 Å². The van der Waals surface area contributed by atoms with Crippen LogP contribution in [0, 0.1) is 17.5 Å². The molecule has 0 spiro atoms. The molecule has 5 aromatic heterocycles. The number of unbranched alkanes of at least 4 members (excludes halogenated alkanes) is 2. The molecule has 3 aromatic carbocycles. The Kier molecular flexibility index (Phi) is 40.6. The number of carbonyl (C=O) groups is 8. The maximum absolute atomic E-state index is 14.4. The van der Waals surface area contributed by atoms with E-state index in [1.54, 1.807) is 13.1 Å². The van der Waals surface area contributed by atoms with Crippen LogP contribution in [-0.4, -0.2) is 197 Å². The van der Waals surface area contributed by atoms with Crippen molar-refractivity contribution in [2.45, 2.75) is 71.7 Å². The first-order valence-electron chi connectivity index (χ1n) is 33.4. The van der Waals surface area contributed by atoms with Gasteiger partial charge in [0.15, 0.2) is 95.7 Å². The molecule has 638 valence electrons. The zero-order valence-corrected chi connectivity index (χ0v) is 70.9. The molecular weight excluding hydrogens is 1930 g/mol. The summed E-state index contributed by atoms with van der Waals surface area (Å²) in [6, 6.07) is 8.25. The predicted octanol–water partition coefficient (Wildman–Crippen LogP) is 6.60. The molecule has 118 heavy (non-hydrogen) atoms. The normalized spacial score (nSPS) is 15.9. The Morgan fingerprint density at radius 3 is 1.30 bits per heavy atom. The second kappa shape index (κ2) is 47.6. The van der Waals surface area contributed by atoms with E-state index in [2.05, 4.69) is 106 Å². The molecule has 3 saturated heterocycles. The van der Waals surface area contributed by atoms with Gasteiger partial charge in [-0.15, -0.1) is 0 Å². The number of fused-ring (bicyclic) bond motifs is 6. The quantitative estimate of drug-likeness (QED) is 0.0142. The Labute approximate surface area is 735 Å². The summed E-state index contributed by atoms with van der Waals surface area (Å²) in [5, 5.41) is 10.6. The summed E-state index contributed by atoms with van der Waals surface area (Å²) in [6.45, 7) is 1.03. The first-order valence-corrected chi connectivity index (χ1v) is 37.5. The molecular formula is C68H80F3I2MnN19O21S3V.